The topological polar surface area (TPSA) is 45.2 Å². The van der Waals surface area contributed by atoms with Crippen LogP contribution in [0.5, 0.6) is 0 Å². The summed E-state index contributed by atoms with van der Waals surface area (Å²) in [6.45, 7) is 3.93. The molecule has 1 aliphatic rings. The van der Waals surface area contributed by atoms with Crippen molar-refractivity contribution < 1.29 is 4.79 Å². The molecule has 1 aliphatic heterocycles. The zero-order chi connectivity index (χ0) is 13.1. The van der Waals surface area contributed by atoms with E-state index in [0.29, 0.717) is 10.7 Å². The first-order chi connectivity index (χ1) is 8.58. The fourth-order valence-electron chi connectivity index (χ4n) is 2.18. The number of amides is 1. The lowest BCUT2D eigenvalue weighted by atomic mass is 10.1. The van der Waals surface area contributed by atoms with E-state index >= 15 is 0 Å². The summed E-state index contributed by atoms with van der Waals surface area (Å²) >= 11 is 5.91. The predicted octanol–water partition coefficient (Wildman–Crippen LogP) is 1.73. The average molecular weight is 268 g/mol. The van der Waals surface area contributed by atoms with Crippen molar-refractivity contribution in [3.8, 4) is 0 Å². The highest BCUT2D eigenvalue weighted by Gasteiger charge is 2.21. The van der Waals surface area contributed by atoms with Crippen LogP contribution in [0, 0.1) is 0 Å². The Kier molecular flexibility index (Phi) is 4.19. The lowest BCUT2D eigenvalue weighted by Crippen LogP contribution is -2.36. The third-order valence-electron chi connectivity index (χ3n) is 3.20. The van der Waals surface area contributed by atoms with Gasteiger partial charge < -0.3 is 10.2 Å². The summed E-state index contributed by atoms with van der Waals surface area (Å²) in [5.74, 6) is -0.0608. The molecule has 98 valence electrons. The molecule has 0 spiro atoms. The molecule has 0 aliphatic carbocycles. The van der Waals surface area contributed by atoms with Gasteiger partial charge in [0.25, 0.3) is 5.91 Å². The Morgan fingerprint density at radius 2 is 2.39 bits per heavy atom. The van der Waals surface area contributed by atoms with Crippen LogP contribution >= 0.6 is 11.6 Å². The van der Waals surface area contributed by atoms with Crippen LogP contribution in [0.1, 0.15) is 29.4 Å². The summed E-state index contributed by atoms with van der Waals surface area (Å²) in [6, 6.07) is 3.66. The lowest BCUT2D eigenvalue weighted by molar-refractivity contribution is 0.0938. The van der Waals surface area contributed by atoms with Crippen LogP contribution < -0.4 is 5.32 Å². The van der Waals surface area contributed by atoms with E-state index in [2.05, 4.69) is 22.2 Å². The van der Waals surface area contributed by atoms with E-state index in [-0.39, 0.29) is 11.9 Å². The van der Waals surface area contributed by atoms with Crippen molar-refractivity contribution in [3.05, 3.63) is 28.5 Å². The SMILES string of the molecule is CCc1cc(C(=O)NC2CCN(C)C2)cc(Cl)n1. The van der Waals surface area contributed by atoms with Gasteiger partial charge in [-0.3, -0.25) is 4.79 Å². The predicted molar refractivity (Wildman–Crippen MR) is 72.0 cm³/mol. The van der Waals surface area contributed by atoms with Gasteiger partial charge in [-0.05, 0) is 38.6 Å². The average Bonchev–Trinajstić information content (AvgIpc) is 2.73. The molecule has 1 atom stereocenters. The molecule has 18 heavy (non-hydrogen) atoms. The smallest absolute Gasteiger partial charge is 0.251 e. The number of likely N-dealkylation sites (tertiary alicyclic amines) is 1. The highest BCUT2D eigenvalue weighted by molar-refractivity contribution is 6.29. The molecule has 4 nitrogen and oxygen atoms in total. The molecule has 1 amide bonds. The van der Waals surface area contributed by atoms with Gasteiger partial charge in [0.15, 0.2) is 0 Å². The van der Waals surface area contributed by atoms with E-state index in [1.807, 2.05) is 6.92 Å². The number of hydrogen-bond donors (Lipinski definition) is 1. The molecule has 1 N–H and O–H groups in total. The van der Waals surface area contributed by atoms with Crippen molar-refractivity contribution in [2.24, 2.45) is 0 Å². The molecule has 0 bridgehead atoms. The van der Waals surface area contributed by atoms with E-state index in [0.717, 1.165) is 31.6 Å². The van der Waals surface area contributed by atoms with Crippen molar-refractivity contribution in [3.63, 3.8) is 0 Å². The number of aryl methyl sites for hydroxylation is 1. The molecular weight excluding hydrogens is 250 g/mol. The van der Waals surface area contributed by atoms with E-state index < -0.39 is 0 Å². The normalized spacial score (nSPS) is 20.1. The van der Waals surface area contributed by atoms with Gasteiger partial charge in [0.05, 0.1) is 0 Å². The Morgan fingerprint density at radius 3 is 3.00 bits per heavy atom. The van der Waals surface area contributed by atoms with Crippen molar-refractivity contribution in [1.82, 2.24) is 15.2 Å². The Balaban J connectivity index is 2.06. The van der Waals surface area contributed by atoms with Gasteiger partial charge in [-0.15, -0.1) is 0 Å². The maximum absolute atomic E-state index is 12.1. The number of nitrogens with one attached hydrogen (secondary N) is 1. The fraction of sp³-hybridized carbons (Fsp3) is 0.538. The Morgan fingerprint density at radius 1 is 1.61 bits per heavy atom. The zero-order valence-electron chi connectivity index (χ0n) is 10.7. The molecule has 0 saturated carbocycles. The van der Waals surface area contributed by atoms with Gasteiger partial charge in [-0.1, -0.05) is 18.5 Å². The van der Waals surface area contributed by atoms with Crippen molar-refractivity contribution in [2.75, 3.05) is 20.1 Å². The molecule has 2 heterocycles. The Labute approximate surface area is 112 Å². The second-order valence-corrected chi connectivity index (χ2v) is 5.13. The van der Waals surface area contributed by atoms with Crippen LogP contribution in [0.15, 0.2) is 12.1 Å². The summed E-state index contributed by atoms with van der Waals surface area (Å²) in [4.78, 5) is 18.5. The third-order valence-corrected chi connectivity index (χ3v) is 3.39. The van der Waals surface area contributed by atoms with Crippen molar-refractivity contribution in [2.45, 2.75) is 25.8 Å². The monoisotopic (exact) mass is 267 g/mol. The molecular formula is C13H18ClN3O. The van der Waals surface area contributed by atoms with Gasteiger partial charge in [0.2, 0.25) is 0 Å². The van der Waals surface area contributed by atoms with Crippen LogP contribution in [0.3, 0.4) is 0 Å². The molecule has 1 saturated heterocycles. The molecule has 1 fully saturated rings. The molecule has 5 heteroatoms. The maximum Gasteiger partial charge on any atom is 0.251 e. The Bertz CT molecular complexity index is 450. The van der Waals surface area contributed by atoms with Crippen LogP contribution in [-0.2, 0) is 6.42 Å². The first-order valence-corrected chi connectivity index (χ1v) is 6.62. The van der Waals surface area contributed by atoms with E-state index in [1.54, 1.807) is 12.1 Å². The fourth-order valence-corrected chi connectivity index (χ4v) is 2.41. The number of carbonyl (C=O) groups excluding carboxylic acids is 1. The van der Waals surface area contributed by atoms with E-state index in [4.69, 9.17) is 11.6 Å². The first-order valence-electron chi connectivity index (χ1n) is 6.24. The van der Waals surface area contributed by atoms with Gasteiger partial charge in [0, 0.05) is 23.8 Å². The van der Waals surface area contributed by atoms with E-state index in [9.17, 15) is 4.79 Å². The van der Waals surface area contributed by atoms with Gasteiger partial charge in [-0.25, -0.2) is 4.98 Å². The zero-order valence-corrected chi connectivity index (χ0v) is 11.5. The number of likely N-dealkylation sites (N-methyl/N-ethyl adjacent to an activating group) is 1. The van der Waals surface area contributed by atoms with Crippen LogP contribution in [0.4, 0.5) is 0 Å². The molecule has 1 unspecified atom stereocenters. The summed E-state index contributed by atoms with van der Waals surface area (Å²) < 4.78 is 0. The quantitative estimate of drug-likeness (QED) is 0.849. The maximum atomic E-state index is 12.1. The number of pyridine rings is 1. The summed E-state index contributed by atoms with van der Waals surface area (Å²) in [5.41, 5.74) is 1.44. The first kappa shape index (κ1) is 13.3. The summed E-state index contributed by atoms with van der Waals surface area (Å²) in [5, 5.41) is 3.41. The minimum Gasteiger partial charge on any atom is -0.348 e. The molecule has 2 rings (SSSR count). The van der Waals surface area contributed by atoms with Gasteiger partial charge in [-0.2, -0.15) is 0 Å². The minimum atomic E-state index is -0.0608. The molecule has 1 aromatic heterocycles. The lowest BCUT2D eigenvalue weighted by Gasteiger charge is -2.13. The highest BCUT2D eigenvalue weighted by atomic mass is 35.5. The van der Waals surface area contributed by atoms with Crippen molar-refractivity contribution >= 4 is 17.5 Å². The summed E-state index contributed by atoms with van der Waals surface area (Å²) in [7, 11) is 2.06. The van der Waals surface area contributed by atoms with Crippen LogP contribution in [0.25, 0.3) is 0 Å². The third kappa shape index (κ3) is 3.21. The second kappa shape index (κ2) is 5.67. The van der Waals surface area contributed by atoms with Crippen molar-refractivity contribution in [1.29, 1.82) is 0 Å². The highest BCUT2D eigenvalue weighted by Crippen LogP contribution is 2.13. The number of aromatic nitrogens is 1. The van der Waals surface area contributed by atoms with Crippen LogP contribution in [0.2, 0.25) is 5.15 Å². The van der Waals surface area contributed by atoms with Gasteiger partial charge >= 0.3 is 0 Å². The van der Waals surface area contributed by atoms with E-state index in [1.165, 1.54) is 0 Å². The van der Waals surface area contributed by atoms with Gasteiger partial charge in [0.1, 0.15) is 5.15 Å². The van der Waals surface area contributed by atoms with Crippen LogP contribution in [-0.4, -0.2) is 42.0 Å². The second-order valence-electron chi connectivity index (χ2n) is 4.74. The number of nitrogens with zero attached hydrogens (tertiary/aromatic N) is 2. The number of rotatable bonds is 3. The number of hydrogen-bond acceptors (Lipinski definition) is 3. The summed E-state index contributed by atoms with van der Waals surface area (Å²) in [6.07, 6.45) is 1.77. The number of carbonyl (C=O) groups is 1. The molecule has 1 aromatic rings. The largest absolute Gasteiger partial charge is 0.348 e. The minimum absolute atomic E-state index is 0.0608. The molecule has 0 radical (unpaired) electrons. The Hall–Kier alpha value is -1.13. The number of halogens is 1. The molecule has 0 aromatic carbocycles. The standard InChI is InChI=1S/C13H18ClN3O/c1-3-10-6-9(7-12(14)15-10)13(18)16-11-4-5-17(2)8-11/h6-7,11H,3-5,8H2,1-2H3,(H,16,18).